The Labute approximate surface area is 143 Å². The van der Waals surface area contributed by atoms with Gasteiger partial charge in [0.25, 0.3) is 0 Å². The minimum atomic E-state index is -0.855. The van der Waals surface area contributed by atoms with E-state index in [0.717, 1.165) is 4.90 Å². The van der Waals surface area contributed by atoms with E-state index in [2.05, 4.69) is 9.97 Å². The molecule has 1 rings (SSSR count). The lowest BCUT2D eigenvalue weighted by Gasteiger charge is -2.28. The zero-order valence-corrected chi connectivity index (χ0v) is 15.7. The first-order chi connectivity index (χ1) is 10.8. The van der Waals surface area contributed by atoms with Crippen molar-refractivity contribution < 1.29 is 19.1 Å². The molecule has 0 fully saturated rings. The third-order valence-corrected chi connectivity index (χ3v) is 2.61. The highest BCUT2D eigenvalue weighted by atomic mass is 16.6. The molecule has 0 bridgehead atoms. The van der Waals surface area contributed by atoms with Gasteiger partial charge in [0.2, 0.25) is 0 Å². The molecule has 0 aliphatic heterocycles. The Morgan fingerprint density at radius 1 is 0.958 bits per heavy atom. The molecular formula is C17H27N3O4. The van der Waals surface area contributed by atoms with Gasteiger partial charge in [-0.1, -0.05) is 13.8 Å². The van der Waals surface area contributed by atoms with Gasteiger partial charge in [0.15, 0.2) is 5.82 Å². The highest BCUT2D eigenvalue weighted by molar-refractivity contribution is 6.08. The number of ether oxygens (including phenoxy) is 2. The maximum absolute atomic E-state index is 12.5. The van der Waals surface area contributed by atoms with E-state index in [-0.39, 0.29) is 11.7 Å². The summed E-state index contributed by atoms with van der Waals surface area (Å²) in [5.41, 5.74) is -0.870. The molecule has 134 valence electrons. The normalized spacial score (nSPS) is 12.0. The van der Waals surface area contributed by atoms with Gasteiger partial charge in [0, 0.05) is 6.20 Å². The number of rotatable bonds is 2. The fourth-order valence-corrected chi connectivity index (χ4v) is 1.63. The maximum atomic E-state index is 12.5. The summed E-state index contributed by atoms with van der Waals surface area (Å²) in [7, 11) is 0. The van der Waals surface area contributed by atoms with Gasteiger partial charge in [-0.05, 0) is 47.5 Å². The highest BCUT2D eigenvalue weighted by Gasteiger charge is 2.33. The van der Waals surface area contributed by atoms with Crippen LogP contribution in [-0.2, 0) is 9.47 Å². The van der Waals surface area contributed by atoms with Crippen molar-refractivity contribution in [3.05, 3.63) is 18.1 Å². The Balaban J connectivity index is 3.25. The van der Waals surface area contributed by atoms with Gasteiger partial charge in [-0.2, -0.15) is 4.90 Å². The molecule has 7 nitrogen and oxygen atoms in total. The average molecular weight is 337 g/mol. The van der Waals surface area contributed by atoms with Crippen LogP contribution in [0.4, 0.5) is 15.4 Å². The summed E-state index contributed by atoms with van der Waals surface area (Å²) in [4.78, 5) is 34.2. The zero-order chi connectivity index (χ0) is 18.7. The molecule has 2 amide bonds. The molecule has 0 atom stereocenters. The van der Waals surface area contributed by atoms with Crippen LogP contribution in [0, 0.1) is 0 Å². The first kappa shape index (κ1) is 19.9. The van der Waals surface area contributed by atoms with Gasteiger partial charge >= 0.3 is 12.2 Å². The smallest absolute Gasteiger partial charge is 0.425 e. The molecule has 0 aliphatic rings. The summed E-state index contributed by atoms with van der Waals surface area (Å²) < 4.78 is 10.6. The van der Waals surface area contributed by atoms with Gasteiger partial charge < -0.3 is 9.47 Å². The van der Waals surface area contributed by atoms with Crippen LogP contribution in [0.1, 0.15) is 67.0 Å². The van der Waals surface area contributed by atoms with Crippen molar-refractivity contribution in [3.63, 3.8) is 0 Å². The summed E-state index contributed by atoms with van der Waals surface area (Å²) >= 11 is 0. The minimum absolute atomic E-state index is 0.0738. The van der Waals surface area contributed by atoms with Gasteiger partial charge in [0.05, 0.1) is 11.9 Å². The zero-order valence-electron chi connectivity index (χ0n) is 15.7. The Morgan fingerprint density at radius 2 is 1.42 bits per heavy atom. The number of nitrogens with zero attached hydrogens (tertiary/aromatic N) is 3. The number of hydrogen-bond acceptors (Lipinski definition) is 6. The first-order valence-corrected chi connectivity index (χ1v) is 7.88. The molecule has 1 aromatic heterocycles. The number of anilines is 1. The van der Waals surface area contributed by atoms with Crippen LogP contribution in [-0.4, -0.2) is 33.4 Å². The SMILES string of the molecule is CC(C)c1cncc(N(C(=O)OC(C)(C)C)C(=O)OC(C)(C)C)n1. The van der Waals surface area contributed by atoms with Crippen molar-refractivity contribution >= 4 is 18.0 Å². The van der Waals surface area contributed by atoms with Crippen molar-refractivity contribution in [2.75, 3.05) is 4.90 Å². The largest absolute Gasteiger partial charge is 0.443 e. The Kier molecular flexibility index (Phi) is 5.92. The van der Waals surface area contributed by atoms with Crippen molar-refractivity contribution in [1.82, 2.24) is 9.97 Å². The second kappa shape index (κ2) is 7.15. The summed E-state index contributed by atoms with van der Waals surface area (Å²) in [5, 5.41) is 0. The molecule has 0 saturated carbocycles. The van der Waals surface area contributed by atoms with Gasteiger partial charge in [-0.3, -0.25) is 4.98 Å². The number of carbonyl (C=O) groups excluding carboxylic acids is 2. The monoisotopic (exact) mass is 337 g/mol. The minimum Gasteiger partial charge on any atom is -0.443 e. The second-order valence-corrected chi connectivity index (χ2v) is 7.75. The highest BCUT2D eigenvalue weighted by Crippen LogP contribution is 2.21. The van der Waals surface area contributed by atoms with Crippen LogP contribution in [0.5, 0.6) is 0 Å². The Hall–Kier alpha value is -2.18. The van der Waals surface area contributed by atoms with Crippen molar-refractivity contribution in [2.45, 2.75) is 72.5 Å². The van der Waals surface area contributed by atoms with Gasteiger partial charge in [-0.15, -0.1) is 0 Å². The topological polar surface area (TPSA) is 81.6 Å². The van der Waals surface area contributed by atoms with E-state index in [1.165, 1.54) is 6.20 Å². The van der Waals surface area contributed by atoms with Crippen LogP contribution in [0.15, 0.2) is 12.4 Å². The Bertz CT molecular complexity index is 573. The molecule has 0 radical (unpaired) electrons. The fraction of sp³-hybridized carbons (Fsp3) is 0.647. The van der Waals surface area contributed by atoms with Crippen LogP contribution in [0.3, 0.4) is 0 Å². The summed E-state index contributed by atoms with van der Waals surface area (Å²) in [6.45, 7) is 14.2. The second-order valence-electron chi connectivity index (χ2n) is 7.75. The van der Waals surface area contributed by atoms with E-state index >= 15 is 0 Å². The quantitative estimate of drug-likeness (QED) is 0.801. The standard InChI is InChI=1S/C17H27N3O4/c1-11(2)12-9-18-10-13(19-12)20(14(21)23-16(3,4)5)15(22)24-17(6,7)8/h9-11H,1-8H3. The Morgan fingerprint density at radius 3 is 1.79 bits per heavy atom. The van der Waals surface area contributed by atoms with E-state index in [9.17, 15) is 9.59 Å². The van der Waals surface area contributed by atoms with E-state index in [4.69, 9.17) is 9.47 Å². The van der Waals surface area contributed by atoms with Crippen LogP contribution in [0.25, 0.3) is 0 Å². The van der Waals surface area contributed by atoms with Gasteiger partial charge in [-0.25, -0.2) is 14.6 Å². The fourth-order valence-electron chi connectivity index (χ4n) is 1.63. The van der Waals surface area contributed by atoms with Crippen molar-refractivity contribution in [3.8, 4) is 0 Å². The average Bonchev–Trinajstić information content (AvgIpc) is 2.34. The predicted octanol–water partition coefficient (Wildman–Crippen LogP) is 4.28. The lowest BCUT2D eigenvalue weighted by atomic mass is 10.1. The molecule has 0 unspecified atom stereocenters. The third kappa shape index (κ3) is 6.14. The van der Waals surface area contributed by atoms with Crippen LogP contribution < -0.4 is 4.90 Å². The molecule has 0 spiro atoms. The summed E-state index contributed by atoms with van der Waals surface area (Å²) in [6, 6.07) is 0. The number of hydrogen-bond donors (Lipinski definition) is 0. The molecule has 0 saturated heterocycles. The number of imide groups is 1. The molecule has 1 heterocycles. The molecule has 0 aromatic carbocycles. The molecule has 1 aromatic rings. The maximum Gasteiger partial charge on any atom is 0.425 e. The van der Waals surface area contributed by atoms with Crippen LogP contribution >= 0.6 is 0 Å². The summed E-state index contributed by atoms with van der Waals surface area (Å²) in [6.07, 6.45) is 1.22. The lowest BCUT2D eigenvalue weighted by Crippen LogP contribution is -2.44. The first-order valence-electron chi connectivity index (χ1n) is 7.88. The summed E-state index contributed by atoms with van der Waals surface area (Å²) in [5.74, 6) is 0.168. The van der Waals surface area contributed by atoms with Crippen LogP contribution in [0.2, 0.25) is 0 Å². The third-order valence-electron chi connectivity index (χ3n) is 2.61. The van der Waals surface area contributed by atoms with Crippen molar-refractivity contribution in [2.24, 2.45) is 0 Å². The van der Waals surface area contributed by atoms with E-state index < -0.39 is 23.4 Å². The number of aromatic nitrogens is 2. The number of carbonyl (C=O) groups is 2. The molecular weight excluding hydrogens is 310 g/mol. The predicted molar refractivity (Wildman–Crippen MR) is 91.1 cm³/mol. The van der Waals surface area contributed by atoms with Crippen molar-refractivity contribution in [1.29, 1.82) is 0 Å². The molecule has 0 N–H and O–H groups in total. The van der Waals surface area contributed by atoms with E-state index in [1.54, 1.807) is 47.7 Å². The van der Waals surface area contributed by atoms with Gasteiger partial charge in [0.1, 0.15) is 11.2 Å². The number of amides is 2. The molecule has 24 heavy (non-hydrogen) atoms. The lowest BCUT2D eigenvalue weighted by molar-refractivity contribution is 0.0429. The van der Waals surface area contributed by atoms with E-state index in [1.807, 2.05) is 13.8 Å². The molecule has 7 heteroatoms. The van der Waals surface area contributed by atoms with E-state index in [0.29, 0.717) is 5.69 Å². The molecule has 0 aliphatic carbocycles.